The molecule has 7 rings (SSSR count). The summed E-state index contributed by atoms with van der Waals surface area (Å²) in [6.45, 7) is 6.05. The van der Waals surface area contributed by atoms with Crippen molar-refractivity contribution in [2.24, 2.45) is 5.92 Å². The highest BCUT2D eigenvalue weighted by Crippen LogP contribution is 2.37. The first-order valence-corrected chi connectivity index (χ1v) is 17.6. The van der Waals surface area contributed by atoms with E-state index >= 15 is 0 Å². The first kappa shape index (κ1) is 33.5. The number of aromatic nitrogens is 1. The number of fused-ring (bicyclic) bond motifs is 1. The van der Waals surface area contributed by atoms with Gasteiger partial charge in [-0.3, -0.25) is 0 Å². The molecule has 0 N–H and O–H groups in total. The van der Waals surface area contributed by atoms with Crippen LogP contribution in [0.4, 0.5) is 5.69 Å². The number of benzene rings is 5. The van der Waals surface area contributed by atoms with Crippen molar-refractivity contribution in [2.75, 3.05) is 32.2 Å². The lowest BCUT2D eigenvalue weighted by Crippen LogP contribution is -2.39. The molecular formula is C44H46N2O4. The van der Waals surface area contributed by atoms with Crippen LogP contribution in [-0.2, 0) is 29.2 Å². The number of anilines is 1. The van der Waals surface area contributed by atoms with Crippen molar-refractivity contribution < 1.29 is 18.9 Å². The maximum atomic E-state index is 6.27. The maximum Gasteiger partial charge on any atom is 0.159 e. The van der Waals surface area contributed by atoms with Crippen molar-refractivity contribution in [2.45, 2.75) is 45.8 Å². The van der Waals surface area contributed by atoms with E-state index in [-0.39, 0.29) is 6.29 Å². The summed E-state index contributed by atoms with van der Waals surface area (Å²) < 4.78 is 25.9. The van der Waals surface area contributed by atoms with Crippen LogP contribution in [0, 0.1) is 12.8 Å². The van der Waals surface area contributed by atoms with Crippen LogP contribution in [-0.4, -0.2) is 38.2 Å². The fraction of sp³-hybridized carbons (Fsp3) is 0.273. The Kier molecular flexibility index (Phi) is 10.5. The van der Waals surface area contributed by atoms with E-state index in [1.165, 1.54) is 33.4 Å². The van der Waals surface area contributed by atoms with Crippen molar-refractivity contribution in [3.05, 3.63) is 150 Å². The third-order valence-electron chi connectivity index (χ3n) is 9.94. The van der Waals surface area contributed by atoms with Crippen molar-refractivity contribution in [1.29, 1.82) is 0 Å². The Morgan fingerprint density at radius 3 is 1.82 bits per heavy atom. The first-order valence-electron chi connectivity index (χ1n) is 17.6. The predicted molar refractivity (Wildman–Crippen MR) is 202 cm³/mol. The van der Waals surface area contributed by atoms with Gasteiger partial charge in [0.15, 0.2) is 6.29 Å². The largest absolute Gasteiger partial charge is 0.489 e. The molecule has 0 spiro atoms. The summed E-state index contributed by atoms with van der Waals surface area (Å²) in [4.78, 5) is 2.47. The minimum atomic E-state index is -0.127. The van der Waals surface area contributed by atoms with E-state index in [9.17, 15) is 0 Å². The number of hydrogen-bond donors (Lipinski definition) is 0. The van der Waals surface area contributed by atoms with Gasteiger partial charge < -0.3 is 28.4 Å². The molecule has 1 saturated heterocycles. The monoisotopic (exact) mass is 666 g/mol. The van der Waals surface area contributed by atoms with Gasteiger partial charge in [-0.2, -0.15) is 0 Å². The fourth-order valence-electron chi connectivity index (χ4n) is 7.22. The van der Waals surface area contributed by atoms with Crippen LogP contribution in [0.25, 0.3) is 22.2 Å². The molecule has 0 saturated carbocycles. The summed E-state index contributed by atoms with van der Waals surface area (Å²) in [5, 5.41) is 1.19. The van der Waals surface area contributed by atoms with E-state index in [4.69, 9.17) is 18.9 Å². The van der Waals surface area contributed by atoms with E-state index in [2.05, 4.69) is 107 Å². The Balaban J connectivity index is 1.14. The lowest BCUT2D eigenvalue weighted by Gasteiger charge is -2.36. The number of nitrogens with zero attached hydrogens (tertiary/aromatic N) is 2. The van der Waals surface area contributed by atoms with E-state index in [0.29, 0.717) is 19.1 Å². The number of piperidine rings is 1. The maximum absolute atomic E-state index is 6.27. The normalized spacial score (nSPS) is 13.6. The molecular weight excluding hydrogens is 620 g/mol. The lowest BCUT2D eigenvalue weighted by atomic mass is 9.95. The summed E-state index contributed by atoms with van der Waals surface area (Å²) in [5.74, 6) is 2.15. The number of hydrogen-bond acceptors (Lipinski definition) is 5. The number of ether oxygens (including phenoxy) is 4. The molecule has 0 radical (unpaired) electrons. The summed E-state index contributed by atoms with van der Waals surface area (Å²) in [7, 11) is 3.46. The van der Waals surface area contributed by atoms with Gasteiger partial charge in [0.25, 0.3) is 0 Å². The third-order valence-corrected chi connectivity index (χ3v) is 9.94. The second kappa shape index (κ2) is 15.7. The average molecular weight is 667 g/mol. The van der Waals surface area contributed by atoms with Gasteiger partial charge >= 0.3 is 0 Å². The van der Waals surface area contributed by atoms with Gasteiger partial charge in [0.05, 0.1) is 5.69 Å². The highest BCUT2D eigenvalue weighted by atomic mass is 16.7. The quantitative estimate of drug-likeness (QED) is 0.115. The van der Waals surface area contributed by atoms with Gasteiger partial charge in [-0.1, -0.05) is 72.8 Å². The Morgan fingerprint density at radius 1 is 0.640 bits per heavy atom. The molecule has 0 amide bonds. The van der Waals surface area contributed by atoms with Crippen LogP contribution in [0.15, 0.2) is 127 Å². The van der Waals surface area contributed by atoms with Crippen LogP contribution >= 0.6 is 0 Å². The molecule has 0 aliphatic carbocycles. The van der Waals surface area contributed by atoms with Gasteiger partial charge in [0, 0.05) is 56.4 Å². The molecule has 0 bridgehead atoms. The van der Waals surface area contributed by atoms with Crippen LogP contribution < -0.4 is 14.4 Å². The zero-order valence-corrected chi connectivity index (χ0v) is 29.3. The van der Waals surface area contributed by atoms with Crippen LogP contribution in [0.2, 0.25) is 0 Å². The van der Waals surface area contributed by atoms with Gasteiger partial charge in [-0.25, -0.2) is 0 Å². The molecule has 1 fully saturated rings. The number of aryl methyl sites for hydroxylation is 1. The molecule has 6 nitrogen and oxygen atoms in total. The minimum Gasteiger partial charge on any atom is -0.489 e. The van der Waals surface area contributed by atoms with Crippen LogP contribution in [0.5, 0.6) is 11.5 Å². The SMILES string of the molecule is COC(OC)C1CCN(c2ccc(Cn3c(-c4ccc(OCc5ccccc5)cc4)c(C)c4cc(OCc5ccccc5)ccc43)cc2)CC1. The molecule has 1 aliphatic heterocycles. The van der Waals surface area contributed by atoms with Gasteiger partial charge in [-0.05, 0) is 102 Å². The topological polar surface area (TPSA) is 45.1 Å². The van der Waals surface area contributed by atoms with E-state index in [1.807, 2.05) is 36.4 Å². The smallest absolute Gasteiger partial charge is 0.159 e. The molecule has 0 unspecified atom stereocenters. The summed E-state index contributed by atoms with van der Waals surface area (Å²) in [6.07, 6.45) is 1.98. The Morgan fingerprint density at radius 2 is 1.22 bits per heavy atom. The Hall–Kier alpha value is -5.04. The van der Waals surface area contributed by atoms with Crippen LogP contribution in [0.3, 0.4) is 0 Å². The van der Waals surface area contributed by atoms with E-state index in [1.54, 1.807) is 14.2 Å². The molecule has 1 aliphatic rings. The van der Waals surface area contributed by atoms with E-state index in [0.717, 1.165) is 60.7 Å². The van der Waals surface area contributed by atoms with Crippen molar-refractivity contribution in [3.63, 3.8) is 0 Å². The molecule has 2 heterocycles. The highest BCUT2D eigenvalue weighted by Gasteiger charge is 2.26. The first-order chi connectivity index (χ1) is 24.6. The molecule has 6 aromatic rings. The van der Waals surface area contributed by atoms with Crippen LogP contribution in [0.1, 0.15) is 35.1 Å². The van der Waals surface area contributed by atoms with Crippen molar-refractivity contribution >= 4 is 16.6 Å². The minimum absolute atomic E-state index is 0.127. The second-order valence-corrected chi connectivity index (χ2v) is 13.1. The standard InChI is InChI=1S/C44H46N2O4/c1-32-41-28-40(50-31-35-12-8-5-9-13-35)22-23-42(41)46(43(32)36-16-20-39(21-17-36)49-30-34-10-6-4-7-11-34)29-33-14-18-38(19-15-33)45-26-24-37(25-27-45)44(47-2)48-3/h4-23,28,37,44H,24-27,29-31H2,1-3H3. The molecule has 6 heteroatoms. The van der Waals surface area contributed by atoms with Gasteiger partial charge in [-0.15, -0.1) is 0 Å². The number of methoxy groups -OCH3 is 2. The molecule has 256 valence electrons. The number of rotatable bonds is 13. The average Bonchev–Trinajstić information content (AvgIpc) is 3.45. The van der Waals surface area contributed by atoms with E-state index < -0.39 is 0 Å². The molecule has 1 aromatic heterocycles. The summed E-state index contributed by atoms with van der Waals surface area (Å²) >= 11 is 0. The zero-order valence-electron chi connectivity index (χ0n) is 29.3. The zero-order chi connectivity index (χ0) is 34.3. The van der Waals surface area contributed by atoms with Gasteiger partial charge in [0.1, 0.15) is 24.7 Å². The van der Waals surface area contributed by atoms with Crippen molar-refractivity contribution in [1.82, 2.24) is 4.57 Å². The van der Waals surface area contributed by atoms with Crippen molar-refractivity contribution in [3.8, 4) is 22.8 Å². The summed E-state index contributed by atoms with van der Waals surface area (Å²) in [6, 6.07) is 44.7. The predicted octanol–water partition coefficient (Wildman–Crippen LogP) is 9.66. The summed E-state index contributed by atoms with van der Waals surface area (Å²) in [5.41, 5.74) is 9.60. The fourth-order valence-corrected chi connectivity index (χ4v) is 7.22. The molecule has 5 aromatic carbocycles. The Labute approximate surface area is 295 Å². The molecule has 50 heavy (non-hydrogen) atoms. The highest BCUT2D eigenvalue weighted by molar-refractivity contribution is 5.92. The Bertz CT molecular complexity index is 1960. The second-order valence-electron chi connectivity index (χ2n) is 13.1. The van der Waals surface area contributed by atoms with Gasteiger partial charge in [0.2, 0.25) is 0 Å². The third kappa shape index (κ3) is 7.57. The molecule has 0 atom stereocenters. The lowest BCUT2D eigenvalue weighted by molar-refractivity contribution is -0.141.